The maximum atomic E-state index is 12.8. The van der Waals surface area contributed by atoms with Crippen LogP contribution in [0, 0.1) is 5.92 Å². The SMILES string of the molecule is COc1ccc(NC(=O)c2cc(NC(=O)C3CC3)n(-c3ccccc3)n2)cc1OC. The second-order valence-corrected chi connectivity index (χ2v) is 6.95. The summed E-state index contributed by atoms with van der Waals surface area (Å²) in [5.74, 6) is 1.10. The number of benzene rings is 2. The lowest BCUT2D eigenvalue weighted by Crippen LogP contribution is -2.16. The Kier molecular flexibility index (Phi) is 5.38. The van der Waals surface area contributed by atoms with Gasteiger partial charge >= 0.3 is 0 Å². The predicted octanol–water partition coefficient (Wildman–Crippen LogP) is 3.49. The highest BCUT2D eigenvalue weighted by atomic mass is 16.5. The third-order valence-corrected chi connectivity index (χ3v) is 4.78. The van der Waals surface area contributed by atoms with Gasteiger partial charge in [0.2, 0.25) is 5.91 Å². The molecule has 0 aliphatic heterocycles. The maximum absolute atomic E-state index is 12.8. The van der Waals surface area contributed by atoms with E-state index in [1.807, 2.05) is 30.3 Å². The van der Waals surface area contributed by atoms with Crippen molar-refractivity contribution in [1.82, 2.24) is 9.78 Å². The molecule has 0 spiro atoms. The Morgan fingerprint density at radius 1 is 0.967 bits per heavy atom. The molecule has 2 amide bonds. The molecule has 154 valence electrons. The summed E-state index contributed by atoms with van der Waals surface area (Å²) in [7, 11) is 3.07. The average molecular weight is 406 g/mol. The fraction of sp³-hybridized carbons (Fsp3) is 0.227. The molecule has 0 unspecified atom stereocenters. The lowest BCUT2D eigenvalue weighted by Gasteiger charge is -2.10. The molecular formula is C22H22N4O4. The smallest absolute Gasteiger partial charge is 0.276 e. The molecule has 8 nitrogen and oxygen atoms in total. The van der Waals surface area contributed by atoms with Crippen LogP contribution in [0.5, 0.6) is 11.5 Å². The number of hydrogen-bond donors (Lipinski definition) is 2. The van der Waals surface area contributed by atoms with Crippen molar-refractivity contribution in [2.45, 2.75) is 12.8 Å². The minimum Gasteiger partial charge on any atom is -0.493 e. The molecule has 1 aliphatic carbocycles. The molecule has 4 rings (SSSR count). The summed E-state index contributed by atoms with van der Waals surface area (Å²) in [6.07, 6.45) is 1.77. The summed E-state index contributed by atoms with van der Waals surface area (Å²) >= 11 is 0. The monoisotopic (exact) mass is 406 g/mol. The number of nitrogens with zero attached hydrogens (tertiary/aromatic N) is 2. The highest BCUT2D eigenvalue weighted by Gasteiger charge is 2.30. The van der Waals surface area contributed by atoms with E-state index in [0.29, 0.717) is 23.0 Å². The molecule has 1 heterocycles. The summed E-state index contributed by atoms with van der Waals surface area (Å²) in [5, 5.41) is 10.1. The number of hydrogen-bond acceptors (Lipinski definition) is 5. The summed E-state index contributed by atoms with van der Waals surface area (Å²) in [6.45, 7) is 0. The second kappa shape index (κ2) is 8.28. The van der Waals surface area contributed by atoms with Crippen LogP contribution in [0.3, 0.4) is 0 Å². The quantitative estimate of drug-likeness (QED) is 0.626. The summed E-state index contributed by atoms with van der Waals surface area (Å²) < 4.78 is 12.0. The third-order valence-electron chi connectivity index (χ3n) is 4.78. The van der Waals surface area contributed by atoms with Crippen molar-refractivity contribution < 1.29 is 19.1 Å². The number of rotatable bonds is 7. The van der Waals surface area contributed by atoms with Gasteiger partial charge < -0.3 is 20.1 Å². The van der Waals surface area contributed by atoms with Gasteiger partial charge in [-0.25, -0.2) is 4.68 Å². The fourth-order valence-corrected chi connectivity index (χ4v) is 3.03. The Hall–Kier alpha value is -3.81. The standard InChI is InChI=1S/C22H22N4O4/c1-29-18-11-10-15(12-19(18)30-2)23-22(28)17-13-20(24-21(27)14-8-9-14)26(25-17)16-6-4-3-5-7-16/h3-7,10-14H,8-9H2,1-2H3,(H,23,28)(H,24,27). The van der Waals surface area contributed by atoms with Gasteiger partial charge in [-0.15, -0.1) is 0 Å². The molecule has 8 heteroatoms. The molecule has 0 radical (unpaired) electrons. The zero-order valence-electron chi connectivity index (χ0n) is 16.7. The van der Waals surface area contributed by atoms with Gasteiger partial charge in [0, 0.05) is 23.7 Å². The van der Waals surface area contributed by atoms with E-state index in [2.05, 4.69) is 15.7 Å². The van der Waals surface area contributed by atoms with E-state index < -0.39 is 5.91 Å². The third kappa shape index (κ3) is 4.12. The van der Waals surface area contributed by atoms with E-state index >= 15 is 0 Å². The van der Waals surface area contributed by atoms with E-state index in [9.17, 15) is 9.59 Å². The Morgan fingerprint density at radius 2 is 1.70 bits per heavy atom. The number of nitrogens with one attached hydrogen (secondary N) is 2. The molecule has 0 saturated heterocycles. The lowest BCUT2D eigenvalue weighted by atomic mass is 10.2. The van der Waals surface area contributed by atoms with Crippen molar-refractivity contribution in [2.75, 3.05) is 24.9 Å². The van der Waals surface area contributed by atoms with Crippen LogP contribution in [0.25, 0.3) is 5.69 Å². The van der Waals surface area contributed by atoms with Crippen LogP contribution in [0.1, 0.15) is 23.3 Å². The van der Waals surface area contributed by atoms with Crippen LogP contribution < -0.4 is 20.1 Å². The molecule has 0 bridgehead atoms. The molecule has 1 fully saturated rings. The van der Waals surface area contributed by atoms with Crippen LogP contribution >= 0.6 is 0 Å². The van der Waals surface area contributed by atoms with Gasteiger partial charge in [0.15, 0.2) is 17.2 Å². The minimum atomic E-state index is -0.404. The van der Waals surface area contributed by atoms with Crippen LogP contribution in [0.2, 0.25) is 0 Å². The van der Waals surface area contributed by atoms with E-state index in [-0.39, 0.29) is 17.5 Å². The van der Waals surface area contributed by atoms with Crippen LogP contribution in [0.4, 0.5) is 11.5 Å². The zero-order chi connectivity index (χ0) is 21.1. The first kappa shape index (κ1) is 19.5. The lowest BCUT2D eigenvalue weighted by molar-refractivity contribution is -0.117. The topological polar surface area (TPSA) is 94.5 Å². The van der Waals surface area contributed by atoms with E-state index in [4.69, 9.17) is 9.47 Å². The molecule has 30 heavy (non-hydrogen) atoms. The molecule has 3 aromatic rings. The Morgan fingerprint density at radius 3 is 2.37 bits per heavy atom. The number of carbonyl (C=O) groups is 2. The normalized spacial score (nSPS) is 12.9. The van der Waals surface area contributed by atoms with Gasteiger partial charge in [-0.1, -0.05) is 18.2 Å². The molecule has 2 N–H and O–H groups in total. The van der Waals surface area contributed by atoms with Crippen LogP contribution in [-0.2, 0) is 4.79 Å². The molecule has 1 aliphatic rings. The van der Waals surface area contributed by atoms with Gasteiger partial charge in [-0.05, 0) is 37.1 Å². The van der Waals surface area contributed by atoms with E-state index in [1.54, 1.807) is 36.1 Å². The number of para-hydroxylation sites is 1. The highest BCUT2D eigenvalue weighted by Crippen LogP contribution is 2.31. The second-order valence-electron chi connectivity index (χ2n) is 6.95. The van der Waals surface area contributed by atoms with Gasteiger partial charge in [-0.2, -0.15) is 5.10 Å². The summed E-state index contributed by atoms with van der Waals surface area (Å²) in [5.41, 5.74) is 1.46. The first-order valence-corrected chi connectivity index (χ1v) is 9.59. The number of carbonyl (C=O) groups excluding carboxylic acids is 2. The molecule has 1 aromatic heterocycles. The highest BCUT2D eigenvalue weighted by molar-refractivity contribution is 6.04. The van der Waals surface area contributed by atoms with Crippen LogP contribution in [-0.4, -0.2) is 35.8 Å². The average Bonchev–Trinajstić information content (AvgIpc) is 3.54. The van der Waals surface area contributed by atoms with E-state index in [1.165, 1.54) is 7.11 Å². The van der Waals surface area contributed by atoms with Crippen molar-refractivity contribution in [3.63, 3.8) is 0 Å². The minimum absolute atomic E-state index is 0.0353. The number of amides is 2. The Bertz CT molecular complexity index is 1070. The Labute approximate surface area is 173 Å². The van der Waals surface area contributed by atoms with Gasteiger partial charge in [0.05, 0.1) is 19.9 Å². The van der Waals surface area contributed by atoms with Crippen molar-refractivity contribution in [3.05, 3.63) is 60.3 Å². The first-order chi connectivity index (χ1) is 14.6. The van der Waals surface area contributed by atoms with Crippen molar-refractivity contribution in [2.24, 2.45) is 5.92 Å². The number of ether oxygens (including phenoxy) is 2. The van der Waals surface area contributed by atoms with Crippen LogP contribution in [0.15, 0.2) is 54.6 Å². The molecule has 1 saturated carbocycles. The van der Waals surface area contributed by atoms with Crippen molar-refractivity contribution >= 4 is 23.3 Å². The Balaban J connectivity index is 1.61. The molecule has 0 atom stereocenters. The first-order valence-electron chi connectivity index (χ1n) is 9.59. The molecule has 2 aromatic carbocycles. The maximum Gasteiger partial charge on any atom is 0.276 e. The summed E-state index contributed by atoms with van der Waals surface area (Å²) in [4.78, 5) is 25.1. The van der Waals surface area contributed by atoms with Crippen molar-refractivity contribution in [1.29, 1.82) is 0 Å². The molecular weight excluding hydrogens is 384 g/mol. The van der Waals surface area contributed by atoms with Gasteiger partial charge in [0.25, 0.3) is 5.91 Å². The predicted molar refractivity (Wildman–Crippen MR) is 112 cm³/mol. The van der Waals surface area contributed by atoms with E-state index in [0.717, 1.165) is 18.5 Å². The largest absolute Gasteiger partial charge is 0.493 e. The summed E-state index contributed by atoms with van der Waals surface area (Å²) in [6, 6.07) is 16.0. The number of methoxy groups -OCH3 is 2. The fourth-order valence-electron chi connectivity index (χ4n) is 3.03. The van der Waals surface area contributed by atoms with Gasteiger partial charge in [0.1, 0.15) is 5.82 Å². The number of anilines is 2. The number of aromatic nitrogens is 2. The van der Waals surface area contributed by atoms with Gasteiger partial charge in [-0.3, -0.25) is 9.59 Å². The zero-order valence-corrected chi connectivity index (χ0v) is 16.7. The van der Waals surface area contributed by atoms with Crippen molar-refractivity contribution in [3.8, 4) is 17.2 Å².